The fourth-order valence-corrected chi connectivity index (χ4v) is 1.10. The molecule has 1 heterocycles. The first-order valence-electron chi connectivity index (χ1n) is 3.12. The average Bonchev–Trinajstić information content (AvgIpc) is 2.11. The number of aromatic nitrogens is 3. The minimum Gasteiger partial charge on any atom is -0.234 e. The largest absolute Gasteiger partial charge is 0.234 e. The molecule has 0 N–H and O–H groups in total. The highest BCUT2D eigenvalue weighted by Crippen LogP contribution is 2.15. The topological polar surface area (TPSA) is 30.7 Å². The number of rotatable bonds is 0. The Morgan fingerprint density at radius 1 is 1.50 bits per heavy atom. The SMILES string of the molecule is CC(C)(C)n1nncc1S. The van der Waals surface area contributed by atoms with Gasteiger partial charge in [-0.1, -0.05) is 5.21 Å². The van der Waals surface area contributed by atoms with E-state index in [1.165, 1.54) is 0 Å². The molecular formula is C6H11N3S. The number of nitrogens with zero attached hydrogens (tertiary/aromatic N) is 3. The molecule has 4 heteroatoms. The lowest BCUT2D eigenvalue weighted by Gasteiger charge is -2.18. The predicted molar refractivity (Wildman–Crippen MR) is 42.3 cm³/mol. The van der Waals surface area contributed by atoms with E-state index in [9.17, 15) is 0 Å². The highest BCUT2D eigenvalue weighted by atomic mass is 32.1. The van der Waals surface area contributed by atoms with Crippen LogP contribution in [0.1, 0.15) is 20.8 Å². The van der Waals surface area contributed by atoms with Crippen LogP contribution in [-0.4, -0.2) is 15.0 Å². The second-order valence-electron chi connectivity index (χ2n) is 3.17. The number of thiol groups is 1. The molecule has 0 saturated heterocycles. The van der Waals surface area contributed by atoms with E-state index in [0.29, 0.717) is 0 Å². The van der Waals surface area contributed by atoms with E-state index in [2.05, 4.69) is 43.7 Å². The maximum atomic E-state index is 4.18. The van der Waals surface area contributed by atoms with Crippen LogP contribution >= 0.6 is 12.6 Å². The van der Waals surface area contributed by atoms with Crippen molar-refractivity contribution in [3.05, 3.63) is 6.20 Å². The Morgan fingerprint density at radius 2 is 2.10 bits per heavy atom. The van der Waals surface area contributed by atoms with Crippen molar-refractivity contribution in [2.45, 2.75) is 31.3 Å². The zero-order valence-corrected chi connectivity index (χ0v) is 7.26. The molecule has 0 aliphatic carbocycles. The van der Waals surface area contributed by atoms with E-state index in [-0.39, 0.29) is 5.54 Å². The normalized spacial score (nSPS) is 12.0. The van der Waals surface area contributed by atoms with Crippen LogP contribution in [0.5, 0.6) is 0 Å². The first-order chi connectivity index (χ1) is 4.52. The van der Waals surface area contributed by atoms with Gasteiger partial charge in [0.05, 0.1) is 11.7 Å². The first-order valence-corrected chi connectivity index (χ1v) is 3.56. The van der Waals surface area contributed by atoms with Gasteiger partial charge >= 0.3 is 0 Å². The van der Waals surface area contributed by atoms with Gasteiger partial charge in [-0.25, -0.2) is 4.68 Å². The van der Waals surface area contributed by atoms with Gasteiger partial charge < -0.3 is 0 Å². The first kappa shape index (κ1) is 7.60. The van der Waals surface area contributed by atoms with Gasteiger partial charge in [-0.2, -0.15) is 0 Å². The van der Waals surface area contributed by atoms with Gasteiger partial charge in [0.2, 0.25) is 0 Å². The second kappa shape index (κ2) is 2.27. The van der Waals surface area contributed by atoms with E-state index in [1.807, 2.05) is 0 Å². The molecule has 0 aliphatic heterocycles. The van der Waals surface area contributed by atoms with Gasteiger partial charge in [0.25, 0.3) is 0 Å². The third-order valence-electron chi connectivity index (χ3n) is 1.17. The zero-order chi connectivity index (χ0) is 7.78. The lowest BCUT2D eigenvalue weighted by Crippen LogP contribution is -2.23. The Morgan fingerprint density at radius 3 is 2.30 bits per heavy atom. The van der Waals surface area contributed by atoms with Gasteiger partial charge in [0.15, 0.2) is 0 Å². The molecule has 1 aromatic rings. The van der Waals surface area contributed by atoms with E-state index >= 15 is 0 Å². The highest BCUT2D eigenvalue weighted by molar-refractivity contribution is 7.80. The van der Waals surface area contributed by atoms with Crippen molar-refractivity contribution in [2.75, 3.05) is 0 Å². The highest BCUT2D eigenvalue weighted by Gasteiger charge is 2.15. The van der Waals surface area contributed by atoms with Gasteiger partial charge in [0, 0.05) is 0 Å². The van der Waals surface area contributed by atoms with Crippen molar-refractivity contribution in [1.82, 2.24) is 15.0 Å². The molecule has 0 aliphatic rings. The standard InChI is InChI=1S/C6H11N3S/c1-6(2,3)9-5(10)4-7-8-9/h4,10H,1-3H3. The van der Waals surface area contributed by atoms with Gasteiger partial charge in [-0.15, -0.1) is 17.7 Å². The number of hydrogen-bond acceptors (Lipinski definition) is 3. The lowest BCUT2D eigenvalue weighted by molar-refractivity contribution is 0.323. The summed E-state index contributed by atoms with van der Waals surface area (Å²) >= 11 is 4.18. The van der Waals surface area contributed by atoms with E-state index in [4.69, 9.17) is 0 Å². The second-order valence-corrected chi connectivity index (χ2v) is 3.63. The van der Waals surface area contributed by atoms with Gasteiger partial charge in [-0.3, -0.25) is 0 Å². The Labute approximate surface area is 65.8 Å². The molecule has 0 radical (unpaired) electrons. The van der Waals surface area contributed by atoms with Crippen molar-refractivity contribution in [2.24, 2.45) is 0 Å². The average molecular weight is 157 g/mol. The zero-order valence-electron chi connectivity index (χ0n) is 6.37. The predicted octanol–water partition coefficient (Wildman–Crippen LogP) is 1.32. The third-order valence-corrected chi connectivity index (χ3v) is 1.47. The molecule has 0 atom stereocenters. The summed E-state index contributed by atoms with van der Waals surface area (Å²) in [5.41, 5.74) is -0.0203. The summed E-state index contributed by atoms with van der Waals surface area (Å²) in [7, 11) is 0. The minimum atomic E-state index is -0.0203. The van der Waals surface area contributed by atoms with Gasteiger partial charge in [0.1, 0.15) is 5.03 Å². The van der Waals surface area contributed by atoms with Crippen LogP contribution in [0, 0.1) is 0 Å². The molecule has 1 aromatic heterocycles. The minimum absolute atomic E-state index is 0.0203. The molecule has 10 heavy (non-hydrogen) atoms. The molecule has 3 nitrogen and oxygen atoms in total. The Balaban J connectivity index is 3.05. The van der Waals surface area contributed by atoms with E-state index < -0.39 is 0 Å². The van der Waals surface area contributed by atoms with Crippen LogP contribution in [0.4, 0.5) is 0 Å². The van der Waals surface area contributed by atoms with Crippen LogP contribution in [-0.2, 0) is 5.54 Å². The van der Waals surface area contributed by atoms with Crippen LogP contribution < -0.4 is 0 Å². The Kier molecular flexibility index (Phi) is 1.72. The van der Waals surface area contributed by atoms with E-state index in [0.717, 1.165) is 5.03 Å². The molecule has 0 amide bonds. The fraction of sp³-hybridized carbons (Fsp3) is 0.667. The molecule has 0 aromatic carbocycles. The summed E-state index contributed by atoms with van der Waals surface area (Å²) in [5, 5.41) is 8.40. The summed E-state index contributed by atoms with van der Waals surface area (Å²) in [4.78, 5) is 0. The molecule has 1 rings (SSSR count). The molecule has 0 bridgehead atoms. The molecule has 0 spiro atoms. The third kappa shape index (κ3) is 1.31. The lowest BCUT2D eigenvalue weighted by atomic mass is 10.1. The quantitative estimate of drug-likeness (QED) is 0.576. The Bertz CT molecular complexity index is 223. The summed E-state index contributed by atoms with van der Waals surface area (Å²) in [5.74, 6) is 0. The van der Waals surface area contributed by atoms with Crippen molar-refractivity contribution in [3.8, 4) is 0 Å². The summed E-state index contributed by atoms with van der Waals surface area (Å²) < 4.78 is 1.77. The summed E-state index contributed by atoms with van der Waals surface area (Å²) in [6, 6.07) is 0. The molecule has 56 valence electrons. The van der Waals surface area contributed by atoms with Crippen LogP contribution in [0.15, 0.2) is 11.2 Å². The van der Waals surface area contributed by atoms with Crippen molar-refractivity contribution < 1.29 is 0 Å². The smallest absolute Gasteiger partial charge is 0.112 e. The van der Waals surface area contributed by atoms with Crippen LogP contribution in [0.25, 0.3) is 0 Å². The fourth-order valence-electron chi connectivity index (χ4n) is 0.707. The van der Waals surface area contributed by atoms with Gasteiger partial charge in [-0.05, 0) is 20.8 Å². The van der Waals surface area contributed by atoms with Crippen molar-refractivity contribution >= 4 is 12.6 Å². The molecule has 0 saturated carbocycles. The van der Waals surface area contributed by atoms with E-state index in [1.54, 1.807) is 10.9 Å². The molecule has 0 unspecified atom stereocenters. The maximum Gasteiger partial charge on any atom is 0.112 e. The van der Waals surface area contributed by atoms with Crippen molar-refractivity contribution in [1.29, 1.82) is 0 Å². The molecule has 0 fully saturated rings. The monoisotopic (exact) mass is 157 g/mol. The number of hydrogen-bond donors (Lipinski definition) is 1. The Hall–Kier alpha value is -0.510. The summed E-state index contributed by atoms with van der Waals surface area (Å²) in [6.45, 7) is 6.17. The van der Waals surface area contributed by atoms with Crippen LogP contribution in [0.3, 0.4) is 0 Å². The van der Waals surface area contributed by atoms with Crippen molar-refractivity contribution in [3.63, 3.8) is 0 Å². The summed E-state index contributed by atoms with van der Waals surface area (Å²) in [6.07, 6.45) is 1.63. The molecular weight excluding hydrogens is 146 g/mol. The van der Waals surface area contributed by atoms with Crippen LogP contribution in [0.2, 0.25) is 0 Å². The maximum absolute atomic E-state index is 4.18.